The van der Waals surface area contributed by atoms with Gasteiger partial charge >= 0.3 is 0 Å². The molecule has 57 heavy (non-hydrogen) atoms. The van der Waals surface area contributed by atoms with Crippen LogP contribution in [0.3, 0.4) is 0 Å². The molecule has 0 amide bonds. The van der Waals surface area contributed by atoms with Gasteiger partial charge in [-0.05, 0) is 101 Å². The summed E-state index contributed by atoms with van der Waals surface area (Å²) in [5.74, 6) is 0.681. The van der Waals surface area contributed by atoms with Crippen LogP contribution in [0.4, 0.5) is 5.82 Å². The van der Waals surface area contributed by atoms with Crippen LogP contribution in [-0.4, -0.2) is 19.1 Å². The third kappa shape index (κ3) is 4.76. The molecule has 0 unspecified atom stereocenters. The van der Waals surface area contributed by atoms with Crippen LogP contribution in [0.1, 0.15) is 34.7 Å². The zero-order valence-corrected chi connectivity index (χ0v) is 31.3. The molecule has 0 spiro atoms. The van der Waals surface area contributed by atoms with E-state index in [0.29, 0.717) is 5.82 Å². The molecule has 4 aromatic heterocycles. The van der Waals surface area contributed by atoms with Gasteiger partial charge in [0.25, 0.3) is 0 Å². The first-order chi connectivity index (χ1) is 28.2. The number of pyridine rings is 2. The third-order valence-corrected chi connectivity index (χ3v) is 11.8. The average Bonchev–Trinajstić information content (AvgIpc) is 3.86. The molecule has 2 N–H and O–H groups in total. The van der Waals surface area contributed by atoms with E-state index in [0.717, 1.165) is 55.9 Å². The molecule has 11 rings (SSSR count). The Kier molecular flexibility index (Phi) is 7.38. The summed E-state index contributed by atoms with van der Waals surface area (Å²) in [6.07, 6.45) is 7.80. The summed E-state index contributed by atoms with van der Waals surface area (Å²) < 4.78 is 4.44. The highest BCUT2D eigenvalue weighted by Crippen LogP contribution is 2.56. The van der Waals surface area contributed by atoms with Crippen molar-refractivity contribution >= 4 is 44.7 Å². The highest BCUT2D eigenvalue weighted by Gasteiger charge is 2.47. The highest BCUT2D eigenvalue weighted by atomic mass is 15.1. The minimum absolute atomic E-state index is 0.512. The molecular formula is C52H37N5. The van der Waals surface area contributed by atoms with Crippen molar-refractivity contribution in [2.75, 3.05) is 5.73 Å². The van der Waals surface area contributed by atoms with E-state index in [2.05, 4.69) is 179 Å². The number of nitrogens with zero attached hydrogens (tertiary/aromatic N) is 4. The fourth-order valence-corrected chi connectivity index (χ4v) is 9.40. The van der Waals surface area contributed by atoms with Gasteiger partial charge in [0, 0.05) is 51.1 Å². The van der Waals surface area contributed by atoms with Crippen molar-refractivity contribution in [3.05, 3.63) is 216 Å². The lowest BCUT2D eigenvalue weighted by Gasteiger charge is -2.33. The van der Waals surface area contributed by atoms with E-state index >= 15 is 0 Å². The van der Waals surface area contributed by atoms with Crippen LogP contribution in [-0.2, 0) is 5.41 Å². The van der Waals surface area contributed by atoms with Crippen LogP contribution in [0, 0.1) is 0 Å². The Balaban J connectivity index is 1.05. The Morgan fingerprint density at radius 3 is 1.81 bits per heavy atom. The van der Waals surface area contributed by atoms with E-state index in [1.807, 2.05) is 36.0 Å². The predicted octanol–water partition coefficient (Wildman–Crippen LogP) is 12.2. The van der Waals surface area contributed by atoms with Gasteiger partial charge in [0.1, 0.15) is 11.5 Å². The minimum atomic E-state index is -0.512. The molecule has 1 aliphatic rings. The molecule has 0 fully saturated rings. The van der Waals surface area contributed by atoms with Gasteiger partial charge in [-0.3, -0.25) is 9.55 Å². The number of allylic oxidation sites excluding steroid dienone is 1. The second-order valence-electron chi connectivity index (χ2n) is 14.8. The molecular weight excluding hydrogens is 695 g/mol. The predicted molar refractivity (Wildman–Crippen MR) is 235 cm³/mol. The Hall–Kier alpha value is -7.50. The average molecular weight is 732 g/mol. The molecule has 5 nitrogen and oxygen atoms in total. The van der Waals surface area contributed by atoms with E-state index in [-0.39, 0.29) is 0 Å². The zero-order chi connectivity index (χ0) is 38.1. The minimum Gasteiger partial charge on any atom is -0.384 e. The van der Waals surface area contributed by atoms with Gasteiger partial charge in [-0.15, -0.1) is 0 Å². The Morgan fingerprint density at radius 1 is 0.526 bits per heavy atom. The molecule has 270 valence electrons. The summed E-state index contributed by atoms with van der Waals surface area (Å²) in [5.41, 5.74) is 21.8. The standard InChI is InChI=1S/C52H37N5/c1-2-13-41-42-19-11-31-55-51(42)57(50(41)53)39-28-24-35(25-29-39)34-22-26-38(27-23-34)56-47-21-10-9-18-40(47)43-32-46-44(33-48(43)56)49-45(20-12-30-54-49)52(46,36-14-5-3-6-15-36)37-16-7-4-8-17-37/h2-33H,53H2,1H3/b13-2-. The molecule has 4 heterocycles. The Morgan fingerprint density at radius 2 is 1.12 bits per heavy atom. The van der Waals surface area contributed by atoms with Gasteiger partial charge in [-0.2, -0.15) is 0 Å². The van der Waals surface area contributed by atoms with Crippen molar-refractivity contribution in [2.24, 2.45) is 0 Å². The number of hydrogen-bond acceptors (Lipinski definition) is 3. The third-order valence-electron chi connectivity index (χ3n) is 11.8. The lowest BCUT2D eigenvalue weighted by molar-refractivity contribution is 0.767. The molecule has 0 aliphatic heterocycles. The van der Waals surface area contributed by atoms with Gasteiger partial charge in [0.05, 0.1) is 22.1 Å². The van der Waals surface area contributed by atoms with E-state index < -0.39 is 5.41 Å². The first kappa shape index (κ1) is 32.9. The molecule has 0 atom stereocenters. The van der Waals surface area contributed by atoms with Gasteiger partial charge in [-0.25, -0.2) is 4.98 Å². The summed E-state index contributed by atoms with van der Waals surface area (Å²) >= 11 is 0. The van der Waals surface area contributed by atoms with Crippen molar-refractivity contribution in [3.63, 3.8) is 0 Å². The summed E-state index contributed by atoms with van der Waals surface area (Å²) in [6, 6.07) is 61.2. The van der Waals surface area contributed by atoms with Crippen molar-refractivity contribution in [3.8, 4) is 33.8 Å². The van der Waals surface area contributed by atoms with Gasteiger partial charge in [-0.1, -0.05) is 121 Å². The first-order valence-electron chi connectivity index (χ1n) is 19.4. The van der Waals surface area contributed by atoms with E-state index in [4.69, 9.17) is 10.7 Å². The fraction of sp³-hybridized carbons (Fsp3) is 0.0385. The van der Waals surface area contributed by atoms with Crippen LogP contribution in [0.15, 0.2) is 188 Å². The quantitative estimate of drug-likeness (QED) is 0.185. The van der Waals surface area contributed by atoms with Crippen LogP contribution in [0.25, 0.3) is 72.7 Å². The van der Waals surface area contributed by atoms with Crippen molar-refractivity contribution in [1.29, 1.82) is 0 Å². The maximum absolute atomic E-state index is 6.71. The number of nitrogens with two attached hydrogens (primary N) is 1. The molecule has 5 heteroatoms. The number of benzene rings is 6. The lowest BCUT2D eigenvalue weighted by Crippen LogP contribution is -2.28. The van der Waals surface area contributed by atoms with E-state index in [9.17, 15) is 0 Å². The van der Waals surface area contributed by atoms with Crippen LogP contribution >= 0.6 is 0 Å². The van der Waals surface area contributed by atoms with Crippen molar-refractivity contribution in [1.82, 2.24) is 19.1 Å². The summed E-state index contributed by atoms with van der Waals surface area (Å²) in [7, 11) is 0. The summed E-state index contributed by atoms with van der Waals surface area (Å²) in [6.45, 7) is 2.00. The number of fused-ring (bicyclic) bond motifs is 7. The van der Waals surface area contributed by atoms with Crippen LogP contribution in [0.2, 0.25) is 0 Å². The molecule has 1 aliphatic carbocycles. The van der Waals surface area contributed by atoms with Gasteiger partial charge in [0.2, 0.25) is 0 Å². The molecule has 0 bridgehead atoms. The maximum atomic E-state index is 6.71. The highest BCUT2D eigenvalue weighted by molar-refractivity contribution is 6.11. The summed E-state index contributed by atoms with van der Waals surface area (Å²) in [5, 5.41) is 3.48. The normalized spacial score (nSPS) is 13.1. The van der Waals surface area contributed by atoms with Crippen LogP contribution in [0.5, 0.6) is 0 Å². The molecule has 6 aromatic carbocycles. The lowest BCUT2D eigenvalue weighted by atomic mass is 9.68. The maximum Gasteiger partial charge on any atom is 0.146 e. The van der Waals surface area contributed by atoms with E-state index in [1.54, 1.807) is 0 Å². The first-order valence-corrected chi connectivity index (χ1v) is 19.4. The van der Waals surface area contributed by atoms with Crippen molar-refractivity contribution in [2.45, 2.75) is 12.3 Å². The number of nitrogen functional groups attached to an aromatic ring is 1. The van der Waals surface area contributed by atoms with E-state index in [1.165, 1.54) is 38.5 Å². The zero-order valence-electron chi connectivity index (χ0n) is 31.3. The van der Waals surface area contributed by atoms with Gasteiger partial charge in [0.15, 0.2) is 0 Å². The number of aromatic nitrogens is 4. The molecule has 0 saturated carbocycles. The number of anilines is 1. The van der Waals surface area contributed by atoms with Crippen molar-refractivity contribution < 1.29 is 0 Å². The number of hydrogen-bond donors (Lipinski definition) is 1. The second kappa shape index (κ2) is 12.8. The number of para-hydroxylation sites is 1. The topological polar surface area (TPSA) is 61.7 Å². The monoisotopic (exact) mass is 731 g/mol. The largest absolute Gasteiger partial charge is 0.384 e. The fourth-order valence-electron chi connectivity index (χ4n) is 9.40. The molecule has 10 aromatic rings. The Bertz CT molecular complexity index is 3130. The summed E-state index contributed by atoms with van der Waals surface area (Å²) in [4.78, 5) is 9.77. The molecule has 0 saturated heterocycles. The number of rotatable bonds is 6. The second-order valence-corrected chi connectivity index (χ2v) is 14.8. The smallest absolute Gasteiger partial charge is 0.146 e. The Labute approximate surface area is 330 Å². The molecule has 0 radical (unpaired) electrons. The van der Waals surface area contributed by atoms with Gasteiger partial charge < -0.3 is 10.3 Å². The van der Waals surface area contributed by atoms with Crippen LogP contribution < -0.4 is 5.73 Å². The SMILES string of the molecule is C/C=C\c1c(N)n(-c2ccc(-c3ccc(-n4c5ccccc5c5cc6c(cc54)-c4ncccc4C6(c4ccccc4)c4ccccc4)cc3)cc2)c2ncccc12.